The van der Waals surface area contributed by atoms with Gasteiger partial charge in [-0.15, -0.1) is 11.3 Å². The van der Waals surface area contributed by atoms with Gasteiger partial charge in [-0.05, 0) is 47.7 Å². The summed E-state index contributed by atoms with van der Waals surface area (Å²) >= 11 is 1.50. The molecule has 0 aliphatic heterocycles. The standard InChI is InChI=1S/C14H25N3O2S/c1-6-19-13(18)12-11(4)20-14(16-12)15-8-7-9-17(5)10(2)3/h10H,6-9H2,1-5H3,(H,15,16). The second-order valence-corrected chi connectivity index (χ2v) is 6.20. The van der Waals surface area contributed by atoms with Crippen LogP contribution in [0.2, 0.25) is 0 Å². The topological polar surface area (TPSA) is 54.5 Å². The van der Waals surface area contributed by atoms with Crippen molar-refractivity contribution in [1.29, 1.82) is 0 Å². The van der Waals surface area contributed by atoms with Gasteiger partial charge in [-0.3, -0.25) is 0 Å². The molecule has 114 valence electrons. The maximum Gasteiger partial charge on any atom is 0.358 e. The molecule has 0 bridgehead atoms. The fourth-order valence-corrected chi connectivity index (χ4v) is 2.47. The molecule has 1 aromatic rings. The maximum atomic E-state index is 11.7. The van der Waals surface area contributed by atoms with Crippen molar-refractivity contribution in [2.24, 2.45) is 0 Å². The fourth-order valence-electron chi connectivity index (χ4n) is 1.64. The normalized spacial score (nSPS) is 11.2. The molecule has 0 aliphatic carbocycles. The van der Waals surface area contributed by atoms with E-state index in [0.717, 1.165) is 29.5 Å². The minimum absolute atomic E-state index is 0.339. The second-order valence-electron chi connectivity index (χ2n) is 5.00. The monoisotopic (exact) mass is 299 g/mol. The first-order chi connectivity index (χ1) is 9.45. The summed E-state index contributed by atoms with van der Waals surface area (Å²) in [4.78, 5) is 19.2. The zero-order chi connectivity index (χ0) is 15.1. The van der Waals surface area contributed by atoms with Crippen molar-refractivity contribution >= 4 is 22.4 Å². The third-order valence-corrected chi connectivity index (χ3v) is 4.04. The number of anilines is 1. The van der Waals surface area contributed by atoms with Crippen LogP contribution in [-0.2, 0) is 4.74 Å². The van der Waals surface area contributed by atoms with E-state index in [1.165, 1.54) is 11.3 Å². The van der Waals surface area contributed by atoms with Crippen molar-refractivity contribution < 1.29 is 9.53 Å². The van der Waals surface area contributed by atoms with Gasteiger partial charge in [0.25, 0.3) is 0 Å². The van der Waals surface area contributed by atoms with E-state index in [1.807, 2.05) is 6.92 Å². The van der Waals surface area contributed by atoms with Gasteiger partial charge in [0.2, 0.25) is 0 Å². The molecule has 0 radical (unpaired) electrons. The highest BCUT2D eigenvalue weighted by atomic mass is 32.1. The van der Waals surface area contributed by atoms with Crippen molar-refractivity contribution in [3.63, 3.8) is 0 Å². The van der Waals surface area contributed by atoms with Gasteiger partial charge < -0.3 is 15.0 Å². The lowest BCUT2D eigenvalue weighted by Crippen LogP contribution is -2.28. The van der Waals surface area contributed by atoms with Gasteiger partial charge in [0.1, 0.15) is 0 Å². The summed E-state index contributed by atoms with van der Waals surface area (Å²) in [7, 11) is 2.12. The molecule has 0 spiro atoms. The van der Waals surface area contributed by atoms with Crippen molar-refractivity contribution in [2.75, 3.05) is 32.1 Å². The fraction of sp³-hybridized carbons (Fsp3) is 0.714. The Kier molecular flexibility index (Phi) is 6.95. The van der Waals surface area contributed by atoms with Gasteiger partial charge in [-0.2, -0.15) is 0 Å². The predicted octanol–water partition coefficient (Wildman–Crippen LogP) is 2.77. The molecule has 1 rings (SSSR count). The van der Waals surface area contributed by atoms with E-state index in [-0.39, 0.29) is 5.97 Å². The van der Waals surface area contributed by atoms with Crippen molar-refractivity contribution in [3.8, 4) is 0 Å². The predicted molar refractivity (Wildman–Crippen MR) is 83.7 cm³/mol. The molecule has 6 heteroatoms. The van der Waals surface area contributed by atoms with Crippen LogP contribution in [0.1, 0.15) is 42.6 Å². The van der Waals surface area contributed by atoms with E-state index in [2.05, 4.69) is 36.1 Å². The Hall–Kier alpha value is -1.14. The third kappa shape index (κ3) is 5.09. The van der Waals surface area contributed by atoms with E-state index in [1.54, 1.807) is 6.92 Å². The zero-order valence-electron chi connectivity index (χ0n) is 13.0. The first-order valence-corrected chi connectivity index (χ1v) is 7.86. The molecular formula is C14H25N3O2S. The summed E-state index contributed by atoms with van der Waals surface area (Å²) in [5.74, 6) is -0.339. The van der Waals surface area contributed by atoms with Gasteiger partial charge in [-0.25, -0.2) is 9.78 Å². The molecule has 5 nitrogen and oxygen atoms in total. The Morgan fingerprint density at radius 2 is 2.20 bits per heavy atom. The van der Waals surface area contributed by atoms with Crippen LogP contribution >= 0.6 is 11.3 Å². The number of ether oxygens (including phenoxy) is 1. The number of esters is 1. The van der Waals surface area contributed by atoms with E-state index in [9.17, 15) is 4.79 Å². The molecule has 0 atom stereocenters. The van der Waals surface area contributed by atoms with Gasteiger partial charge in [0.05, 0.1) is 6.61 Å². The van der Waals surface area contributed by atoms with Crippen LogP contribution in [0.4, 0.5) is 5.13 Å². The summed E-state index contributed by atoms with van der Waals surface area (Å²) in [6.45, 7) is 10.3. The van der Waals surface area contributed by atoms with E-state index < -0.39 is 0 Å². The average Bonchev–Trinajstić information content (AvgIpc) is 2.76. The Morgan fingerprint density at radius 1 is 1.50 bits per heavy atom. The lowest BCUT2D eigenvalue weighted by molar-refractivity contribution is 0.0519. The lowest BCUT2D eigenvalue weighted by atomic mass is 10.3. The van der Waals surface area contributed by atoms with E-state index >= 15 is 0 Å². The molecule has 1 heterocycles. The minimum Gasteiger partial charge on any atom is -0.461 e. The number of aromatic nitrogens is 1. The lowest BCUT2D eigenvalue weighted by Gasteiger charge is -2.20. The van der Waals surface area contributed by atoms with Crippen LogP contribution in [0.3, 0.4) is 0 Å². The molecule has 0 aromatic carbocycles. The number of carbonyl (C=O) groups excluding carboxylic acids is 1. The third-order valence-electron chi connectivity index (χ3n) is 3.11. The molecule has 0 aliphatic rings. The molecule has 0 amide bonds. The summed E-state index contributed by atoms with van der Waals surface area (Å²) < 4.78 is 4.98. The van der Waals surface area contributed by atoms with E-state index in [4.69, 9.17) is 4.74 Å². The highest BCUT2D eigenvalue weighted by Crippen LogP contribution is 2.22. The molecule has 0 unspecified atom stereocenters. The number of rotatable bonds is 8. The van der Waals surface area contributed by atoms with Crippen molar-refractivity contribution in [1.82, 2.24) is 9.88 Å². The largest absolute Gasteiger partial charge is 0.461 e. The summed E-state index contributed by atoms with van der Waals surface area (Å²) in [5.41, 5.74) is 0.429. The SMILES string of the molecule is CCOC(=O)c1nc(NCCCN(C)C(C)C)sc1C. The number of nitrogens with one attached hydrogen (secondary N) is 1. The Bertz CT molecular complexity index is 432. The van der Waals surface area contributed by atoms with Crippen LogP contribution in [0.25, 0.3) is 0 Å². The van der Waals surface area contributed by atoms with Gasteiger partial charge in [0.15, 0.2) is 10.8 Å². The summed E-state index contributed by atoms with van der Waals surface area (Å²) in [6.07, 6.45) is 1.04. The second kappa shape index (κ2) is 8.21. The molecular weight excluding hydrogens is 274 g/mol. The smallest absolute Gasteiger partial charge is 0.358 e. The quantitative estimate of drug-likeness (QED) is 0.591. The summed E-state index contributed by atoms with van der Waals surface area (Å²) in [6, 6.07) is 0.563. The van der Waals surface area contributed by atoms with Gasteiger partial charge in [-0.1, -0.05) is 0 Å². The van der Waals surface area contributed by atoms with Crippen molar-refractivity contribution in [2.45, 2.75) is 40.2 Å². The van der Waals surface area contributed by atoms with Crippen LogP contribution in [0.15, 0.2) is 0 Å². The average molecular weight is 299 g/mol. The Labute approximate surface area is 125 Å². The van der Waals surface area contributed by atoms with Crippen LogP contribution < -0.4 is 5.32 Å². The van der Waals surface area contributed by atoms with Crippen molar-refractivity contribution in [3.05, 3.63) is 10.6 Å². The Balaban J connectivity index is 2.42. The molecule has 0 fully saturated rings. The number of nitrogens with zero attached hydrogens (tertiary/aromatic N) is 2. The zero-order valence-corrected chi connectivity index (χ0v) is 13.8. The van der Waals surface area contributed by atoms with Crippen LogP contribution in [0, 0.1) is 6.92 Å². The number of hydrogen-bond donors (Lipinski definition) is 1. The number of carbonyl (C=O) groups is 1. The summed E-state index contributed by atoms with van der Waals surface area (Å²) in [5, 5.41) is 4.06. The maximum absolute atomic E-state index is 11.7. The van der Waals surface area contributed by atoms with Gasteiger partial charge in [0, 0.05) is 17.5 Å². The number of hydrogen-bond acceptors (Lipinski definition) is 6. The number of thiazole rings is 1. The first-order valence-electron chi connectivity index (χ1n) is 7.04. The molecule has 1 aromatic heterocycles. The first kappa shape index (κ1) is 16.9. The Morgan fingerprint density at radius 3 is 2.80 bits per heavy atom. The highest BCUT2D eigenvalue weighted by molar-refractivity contribution is 7.15. The van der Waals surface area contributed by atoms with Crippen LogP contribution in [-0.4, -0.2) is 48.6 Å². The number of aryl methyl sites for hydroxylation is 1. The van der Waals surface area contributed by atoms with Gasteiger partial charge >= 0.3 is 5.97 Å². The molecule has 1 N–H and O–H groups in total. The molecule has 0 saturated heterocycles. The van der Waals surface area contributed by atoms with Crippen LogP contribution in [0.5, 0.6) is 0 Å². The molecule has 20 heavy (non-hydrogen) atoms. The molecule has 0 saturated carbocycles. The highest BCUT2D eigenvalue weighted by Gasteiger charge is 2.16. The minimum atomic E-state index is -0.339. The van der Waals surface area contributed by atoms with E-state index in [0.29, 0.717) is 18.3 Å².